The molecule has 0 saturated heterocycles. The molecular weight excluding hydrogens is 172 g/mol. The summed E-state index contributed by atoms with van der Waals surface area (Å²) in [4.78, 5) is 0. The van der Waals surface area contributed by atoms with E-state index < -0.39 is 0 Å². The van der Waals surface area contributed by atoms with E-state index in [1.807, 2.05) is 0 Å². The molecule has 1 aliphatic rings. The lowest BCUT2D eigenvalue weighted by Gasteiger charge is -2.28. The molecule has 2 nitrogen and oxygen atoms in total. The van der Waals surface area contributed by atoms with Crippen LogP contribution in [0, 0.1) is 13.8 Å². The average Bonchev–Trinajstić information content (AvgIpc) is 2.23. The molecule has 0 amide bonds. The Hall–Kier alpha value is -1.02. The van der Waals surface area contributed by atoms with Gasteiger partial charge in [0.05, 0.1) is 0 Å². The molecule has 2 heteroatoms. The molecule has 1 aliphatic heterocycles. The highest BCUT2D eigenvalue weighted by molar-refractivity contribution is 5.62. The standard InChI is InChI=1S/C12H18N2/c1-8-3-4-9(2)12-11(8)10(7-13)5-6-14-12/h3-4,10,14H,5-7,13H2,1-2H3. The third-order valence-electron chi connectivity index (χ3n) is 3.16. The van der Waals surface area contributed by atoms with Crippen molar-refractivity contribution in [2.24, 2.45) is 5.73 Å². The topological polar surface area (TPSA) is 38.0 Å². The zero-order valence-electron chi connectivity index (χ0n) is 8.93. The molecule has 0 aromatic heterocycles. The van der Waals surface area contributed by atoms with Crippen LogP contribution in [0.4, 0.5) is 5.69 Å². The maximum Gasteiger partial charge on any atom is 0.0408 e. The number of nitrogens with two attached hydrogens (primary N) is 1. The minimum absolute atomic E-state index is 0.547. The molecule has 2 rings (SSSR count). The highest BCUT2D eigenvalue weighted by Crippen LogP contribution is 2.35. The first-order chi connectivity index (χ1) is 6.74. The van der Waals surface area contributed by atoms with Crippen molar-refractivity contribution in [2.45, 2.75) is 26.2 Å². The van der Waals surface area contributed by atoms with Crippen LogP contribution in [-0.2, 0) is 0 Å². The van der Waals surface area contributed by atoms with Gasteiger partial charge in [0.15, 0.2) is 0 Å². The average molecular weight is 190 g/mol. The van der Waals surface area contributed by atoms with Gasteiger partial charge in [-0.15, -0.1) is 0 Å². The number of rotatable bonds is 1. The lowest BCUT2D eigenvalue weighted by molar-refractivity contribution is 0.632. The zero-order chi connectivity index (χ0) is 10.1. The summed E-state index contributed by atoms with van der Waals surface area (Å²) in [6, 6.07) is 4.38. The molecule has 1 unspecified atom stereocenters. The highest BCUT2D eigenvalue weighted by Gasteiger charge is 2.21. The van der Waals surface area contributed by atoms with Crippen LogP contribution in [0.3, 0.4) is 0 Å². The van der Waals surface area contributed by atoms with E-state index in [4.69, 9.17) is 5.73 Å². The summed E-state index contributed by atoms with van der Waals surface area (Å²) in [7, 11) is 0. The largest absolute Gasteiger partial charge is 0.385 e. The van der Waals surface area contributed by atoms with Crippen LogP contribution in [-0.4, -0.2) is 13.1 Å². The maximum atomic E-state index is 5.81. The van der Waals surface area contributed by atoms with Crippen LogP contribution < -0.4 is 11.1 Å². The summed E-state index contributed by atoms with van der Waals surface area (Å²) in [6.07, 6.45) is 1.16. The zero-order valence-corrected chi connectivity index (χ0v) is 8.93. The number of benzene rings is 1. The third kappa shape index (κ3) is 1.40. The van der Waals surface area contributed by atoms with Gasteiger partial charge in [0.2, 0.25) is 0 Å². The van der Waals surface area contributed by atoms with Gasteiger partial charge in [-0.25, -0.2) is 0 Å². The van der Waals surface area contributed by atoms with Crippen LogP contribution in [0.2, 0.25) is 0 Å². The van der Waals surface area contributed by atoms with Crippen LogP contribution in [0.5, 0.6) is 0 Å². The number of aryl methyl sites for hydroxylation is 2. The van der Waals surface area contributed by atoms with Crippen LogP contribution >= 0.6 is 0 Å². The molecule has 1 aromatic rings. The number of hydrogen-bond donors (Lipinski definition) is 2. The number of nitrogens with one attached hydrogen (secondary N) is 1. The van der Waals surface area contributed by atoms with Crippen LogP contribution in [0.1, 0.15) is 29.0 Å². The monoisotopic (exact) mass is 190 g/mol. The van der Waals surface area contributed by atoms with Gasteiger partial charge in [-0.2, -0.15) is 0 Å². The van der Waals surface area contributed by atoms with E-state index in [9.17, 15) is 0 Å². The SMILES string of the molecule is Cc1ccc(C)c2c1NCCC2CN. The molecule has 76 valence electrons. The van der Waals surface area contributed by atoms with Gasteiger partial charge in [0.1, 0.15) is 0 Å². The fourth-order valence-corrected chi connectivity index (χ4v) is 2.34. The second-order valence-electron chi connectivity index (χ2n) is 4.14. The second kappa shape index (κ2) is 3.62. The van der Waals surface area contributed by atoms with E-state index in [0.29, 0.717) is 5.92 Å². The predicted molar refractivity (Wildman–Crippen MR) is 60.8 cm³/mol. The first-order valence-electron chi connectivity index (χ1n) is 5.28. The molecule has 0 aliphatic carbocycles. The summed E-state index contributed by atoms with van der Waals surface area (Å²) >= 11 is 0. The van der Waals surface area contributed by atoms with Crippen molar-refractivity contribution in [1.82, 2.24) is 0 Å². The Morgan fingerprint density at radius 1 is 1.36 bits per heavy atom. The smallest absolute Gasteiger partial charge is 0.0408 e. The van der Waals surface area contributed by atoms with Gasteiger partial charge in [-0.3, -0.25) is 0 Å². The van der Waals surface area contributed by atoms with Gasteiger partial charge in [0, 0.05) is 18.2 Å². The molecule has 0 radical (unpaired) electrons. The summed E-state index contributed by atoms with van der Waals surface area (Å²) in [5, 5.41) is 3.48. The van der Waals surface area contributed by atoms with Gasteiger partial charge < -0.3 is 11.1 Å². The Morgan fingerprint density at radius 3 is 2.79 bits per heavy atom. The van der Waals surface area contributed by atoms with Crippen molar-refractivity contribution >= 4 is 5.69 Å². The lowest BCUT2D eigenvalue weighted by Crippen LogP contribution is -2.24. The predicted octanol–water partition coefficient (Wildman–Crippen LogP) is 2.16. The van der Waals surface area contributed by atoms with E-state index >= 15 is 0 Å². The first-order valence-corrected chi connectivity index (χ1v) is 5.28. The van der Waals surface area contributed by atoms with Crippen molar-refractivity contribution in [3.8, 4) is 0 Å². The number of fused-ring (bicyclic) bond motifs is 1. The van der Waals surface area contributed by atoms with Gasteiger partial charge in [-0.1, -0.05) is 12.1 Å². The van der Waals surface area contributed by atoms with Crippen LogP contribution in [0.25, 0.3) is 0 Å². The van der Waals surface area contributed by atoms with E-state index in [1.54, 1.807) is 0 Å². The van der Waals surface area contributed by atoms with Crippen molar-refractivity contribution in [1.29, 1.82) is 0 Å². The quantitative estimate of drug-likeness (QED) is 0.712. The third-order valence-corrected chi connectivity index (χ3v) is 3.16. The molecule has 14 heavy (non-hydrogen) atoms. The fourth-order valence-electron chi connectivity index (χ4n) is 2.34. The molecule has 0 bridgehead atoms. The molecule has 1 atom stereocenters. The first kappa shape index (κ1) is 9.53. The molecule has 3 N–H and O–H groups in total. The molecule has 1 aromatic carbocycles. The van der Waals surface area contributed by atoms with E-state index in [1.165, 1.54) is 22.4 Å². The minimum Gasteiger partial charge on any atom is -0.385 e. The summed E-state index contributed by atoms with van der Waals surface area (Å²) in [5.41, 5.74) is 11.3. The van der Waals surface area contributed by atoms with E-state index in [2.05, 4.69) is 31.3 Å². The van der Waals surface area contributed by atoms with Crippen molar-refractivity contribution in [2.75, 3.05) is 18.4 Å². The molecule has 0 spiro atoms. The Labute approximate surface area is 85.5 Å². The van der Waals surface area contributed by atoms with Crippen molar-refractivity contribution in [3.63, 3.8) is 0 Å². The number of hydrogen-bond acceptors (Lipinski definition) is 2. The Morgan fingerprint density at radius 2 is 2.07 bits per heavy atom. The fraction of sp³-hybridized carbons (Fsp3) is 0.500. The summed E-state index contributed by atoms with van der Waals surface area (Å²) in [6.45, 7) is 6.15. The second-order valence-corrected chi connectivity index (χ2v) is 4.14. The minimum atomic E-state index is 0.547. The summed E-state index contributed by atoms with van der Waals surface area (Å²) in [5.74, 6) is 0.547. The molecule has 1 heterocycles. The van der Waals surface area contributed by atoms with Gasteiger partial charge in [-0.05, 0) is 43.5 Å². The van der Waals surface area contributed by atoms with Gasteiger partial charge in [0.25, 0.3) is 0 Å². The van der Waals surface area contributed by atoms with E-state index in [0.717, 1.165) is 19.5 Å². The lowest BCUT2D eigenvalue weighted by atomic mass is 9.86. The molecule has 0 saturated carbocycles. The van der Waals surface area contributed by atoms with E-state index in [-0.39, 0.29) is 0 Å². The summed E-state index contributed by atoms with van der Waals surface area (Å²) < 4.78 is 0. The Kier molecular flexibility index (Phi) is 2.46. The maximum absolute atomic E-state index is 5.81. The van der Waals surface area contributed by atoms with Crippen LogP contribution in [0.15, 0.2) is 12.1 Å². The van der Waals surface area contributed by atoms with Crippen molar-refractivity contribution in [3.05, 3.63) is 28.8 Å². The molecule has 0 fully saturated rings. The normalized spacial score (nSPS) is 20.1. The van der Waals surface area contributed by atoms with Gasteiger partial charge >= 0.3 is 0 Å². The van der Waals surface area contributed by atoms with Crippen molar-refractivity contribution < 1.29 is 0 Å². The number of anilines is 1. The highest BCUT2D eigenvalue weighted by atomic mass is 14.9. The Bertz CT molecular complexity index is 344. The molecular formula is C12H18N2. The Balaban J connectivity index is 2.55.